The molecule has 4 nitrogen and oxygen atoms in total. The van der Waals surface area contributed by atoms with Crippen molar-refractivity contribution in [1.29, 1.82) is 0 Å². The number of urea groups is 1. The molecule has 2 amide bonds. The van der Waals surface area contributed by atoms with Gasteiger partial charge in [0.1, 0.15) is 0 Å². The lowest BCUT2D eigenvalue weighted by molar-refractivity contribution is -0.137. The van der Waals surface area contributed by atoms with E-state index in [1.165, 1.54) is 12.1 Å². The van der Waals surface area contributed by atoms with E-state index in [1.54, 1.807) is 6.20 Å². The van der Waals surface area contributed by atoms with Crippen LogP contribution < -0.4 is 10.6 Å². The number of fused-ring (bicyclic) bond motifs is 1. The lowest BCUT2D eigenvalue weighted by Gasteiger charge is -2.10. The molecule has 4 aromatic rings. The van der Waals surface area contributed by atoms with Crippen LogP contribution in [0, 0.1) is 0 Å². The van der Waals surface area contributed by atoms with Crippen molar-refractivity contribution in [3.8, 4) is 11.1 Å². The Balaban J connectivity index is 1.52. The van der Waals surface area contributed by atoms with Crippen LogP contribution in [0.2, 0.25) is 0 Å². The average molecular weight is 395 g/mol. The average Bonchev–Trinajstić information content (AvgIpc) is 3.10. The van der Waals surface area contributed by atoms with Crippen molar-refractivity contribution in [3.63, 3.8) is 0 Å². The Kier molecular flexibility index (Phi) is 4.72. The molecule has 0 bridgehead atoms. The Morgan fingerprint density at radius 2 is 1.55 bits per heavy atom. The number of rotatable bonds is 3. The van der Waals surface area contributed by atoms with Gasteiger partial charge in [0.05, 0.1) is 11.3 Å². The first-order valence-corrected chi connectivity index (χ1v) is 8.82. The van der Waals surface area contributed by atoms with Crippen LogP contribution in [0.3, 0.4) is 0 Å². The highest BCUT2D eigenvalue weighted by Gasteiger charge is 2.30. The van der Waals surface area contributed by atoms with E-state index in [0.717, 1.165) is 34.2 Å². The van der Waals surface area contributed by atoms with E-state index in [2.05, 4.69) is 15.6 Å². The summed E-state index contributed by atoms with van der Waals surface area (Å²) in [6.07, 6.45) is -2.74. The second-order valence-corrected chi connectivity index (χ2v) is 6.48. The molecule has 3 N–H and O–H groups in total. The van der Waals surface area contributed by atoms with Gasteiger partial charge in [-0.25, -0.2) is 4.79 Å². The first kappa shape index (κ1) is 18.6. The third-order valence-corrected chi connectivity index (χ3v) is 4.51. The highest BCUT2D eigenvalue weighted by atomic mass is 19.4. The Hall–Kier alpha value is -3.74. The summed E-state index contributed by atoms with van der Waals surface area (Å²) < 4.78 is 37.9. The van der Waals surface area contributed by atoms with Crippen molar-refractivity contribution in [2.24, 2.45) is 0 Å². The number of carbonyl (C=O) groups excluding carboxylic acids is 1. The standard InChI is InChI=1S/C22H16F3N3O/c23-22(24,25)16-7-9-17(10-8-16)27-21(29)28-20-13-26-19-11-6-15(12-18(19)20)14-4-2-1-3-5-14/h1-13,26H,(H2,27,28,29). The molecular weight excluding hydrogens is 379 g/mol. The van der Waals surface area contributed by atoms with Gasteiger partial charge in [0.15, 0.2) is 0 Å². The third kappa shape index (κ3) is 4.08. The number of hydrogen-bond donors (Lipinski definition) is 3. The Morgan fingerprint density at radius 1 is 0.828 bits per heavy atom. The zero-order valence-electron chi connectivity index (χ0n) is 15.0. The fourth-order valence-electron chi connectivity index (χ4n) is 3.06. The van der Waals surface area contributed by atoms with Crippen LogP contribution in [0.15, 0.2) is 79.0 Å². The summed E-state index contributed by atoms with van der Waals surface area (Å²) >= 11 is 0. The van der Waals surface area contributed by atoms with Crippen LogP contribution >= 0.6 is 0 Å². The lowest BCUT2D eigenvalue weighted by atomic mass is 10.0. The fourth-order valence-corrected chi connectivity index (χ4v) is 3.06. The number of benzene rings is 3. The molecule has 0 atom stereocenters. The molecule has 0 saturated heterocycles. The number of hydrogen-bond acceptors (Lipinski definition) is 1. The number of nitrogens with one attached hydrogen (secondary N) is 3. The van der Waals surface area contributed by atoms with Gasteiger partial charge < -0.3 is 15.6 Å². The quantitative estimate of drug-likeness (QED) is 0.364. The maximum atomic E-state index is 12.6. The van der Waals surface area contributed by atoms with Gasteiger partial charge >= 0.3 is 12.2 Å². The van der Waals surface area contributed by atoms with E-state index >= 15 is 0 Å². The first-order valence-electron chi connectivity index (χ1n) is 8.82. The molecule has 0 aliphatic carbocycles. The van der Waals surface area contributed by atoms with Gasteiger partial charge in [0.25, 0.3) is 0 Å². The van der Waals surface area contributed by atoms with Crippen molar-refractivity contribution in [3.05, 3.63) is 84.6 Å². The maximum absolute atomic E-state index is 12.6. The van der Waals surface area contributed by atoms with Crippen molar-refractivity contribution in [2.45, 2.75) is 6.18 Å². The molecular formula is C22H16F3N3O. The van der Waals surface area contributed by atoms with Crippen molar-refractivity contribution in [1.82, 2.24) is 4.98 Å². The molecule has 1 aromatic heterocycles. The van der Waals surface area contributed by atoms with Gasteiger partial charge in [-0.3, -0.25) is 0 Å². The number of alkyl halides is 3. The largest absolute Gasteiger partial charge is 0.416 e. The molecule has 0 spiro atoms. The van der Waals surface area contributed by atoms with Crippen molar-refractivity contribution >= 4 is 28.3 Å². The second kappa shape index (κ2) is 7.35. The molecule has 3 aromatic carbocycles. The van der Waals surface area contributed by atoms with E-state index in [-0.39, 0.29) is 5.69 Å². The Bertz CT molecular complexity index is 1150. The highest BCUT2D eigenvalue weighted by molar-refractivity contribution is 6.06. The number of anilines is 2. The van der Waals surface area contributed by atoms with Crippen LogP contribution in [-0.2, 0) is 6.18 Å². The molecule has 1 heterocycles. The van der Waals surface area contributed by atoms with Gasteiger partial charge in [0, 0.05) is 22.8 Å². The molecule has 7 heteroatoms. The van der Waals surface area contributed by atoms with Crippen LogP contribution in [0.1, 0.15) is 5.56 Å². The van der Waals surface area contributed by atoms with Crippen LogP contribution in [0.4, 0.5) is 29.3 Å². The molecule has 0 radical (unpaired) electrons. The summed E-state index contributed by atoms with van der Waals surface area (Å²) in [5, 5.41) is 6.10. The second-order valence-electron chi connectivity index (χ2n) is 6.48. The zero-order chi connectivity index (χ0) is 20.4. The van der Waals surface area contributed by atoms with E-state index in [4.69, 9.17) is 0 Å². The topological polar surface area (TPSA) is 56.9 Å². The third-order valence-electron chi connectivity index (χ3n) is 4.51. The monoisotopic (exact) mass is 395 g/mol. The number of amides is 2. The first-order chi connectivity index (χ1) is 13.9. The molecule has 0 unspecified atom stereocenters. The summed E-state index contributed by atoms with van der Waals surface area (Å²) in [6.45, 7) is 0. The van der Waals surface area contributed by atoms with Gasteiger partial charge in [-0.15, -0.1) is 0 Å². The molecule has 146 valence electrons. The highest BCUT2D eigenvalue weighted by Crippen LogP contribution is 2.31. The number of halogens is 3. The smallest absolute Gasteiger partial charge is 0.359 e. The van der Waals surface area contributed by atoms with Gasteiger partial charge in [-0.05, 0) is 47.5 Å². The van der Waals surface area contributed by atoms with E-state index in [0.29, 0.717) is 5.69 Å². The number of carbonyl (C=O) groups is 1. The zero-order valence-corrected chi connectivity index (χ0v) is 15.0. The molecule has 0 aliphatic rings. The summed E-state index contributed by atoms with van der Waals surface area (Å²) in [6, 6.07) is 19.5. The van der Waals surface area contributed by atoms with E-state index in [9.17, 15) is 18.0 Å². The Morgan fingerprint density at radius 3 is 2.24 bits per heavy atom. The molecule has 0 fully saturated rings. The van der Waals surface area contributed by atoms with Crippen molar-refractivity contribution < 1.29 is 18.0 Å². The van der Waals surface area contributed by atoms with Gasteiger partial charge in [0.2, 0.25) is 0 Å². The maximum Gasteiger partial charge on any atom is 0.416 e. The predicted molar refractivity (Wildman–Crippen MR) is 108 cm³/mol. The minimum Gasteiger partial charge on any atom is -0.359 e. The summed E-state index contributed by atoms with van der Waals surface area (Å²) in [7, 11) is 0. The minimum atomic E-state index is -4.42. The molecule has 0 aliphatic heterocycles. The summed E-state index contributed by atoms with van der Waals surface area (Å²) in [5.74, 6) is 0. The number of aromatic amines is 1. The number of aromatic nitrogens is 1. The van der Waals surface area contributed by atoms with Crippen LogP contribution in [-0.4, -0.2) is 11.0 Å². The van der Waals surface area contributed by atoms with Crippen LogP contribution in [0.25, 0.3) is 22.0 Å². The van der Waals surface area contributed by atoms with Crippen LogP contribution in [0.5, 0.6) is 0 Å². The van der Waals surface area contributed by atoms with Gasteiger partial charge in [-0.1, -0.05) is 36.4 Å². The van der Waals surface area contributed by atoms with E-state index in [1.807, 2.05) is 48.5 Å². The lowest BCUT2D eigenvalue weighted by Crippen LogP contribution is -2.19. The SMILES string of the molecule is O=C(Nc1ccc(C(F)(F)F)cc1)Nc1c[nH]c2ccc(-c3ccccc3)cc12. The molecule has 4 rings (SSSR count). The van der Waals surface area contributed by atoms with Crippen molar-refractivity contribution in [2.75, 3.05) is 10.6 Å². The van der Waals surface area contributed by atoms with Gasteiger partial charge in [-0.2, -0.15) is 13.2 Å². The molecule has 29 heavy (non-hydrogen) atoms. The Labute approximate surface area is 164 Å². The minimum absolute atomic E-state index is 0.264. The normalized spacial score (nSPS) is 11.4. The number of H-pyrrole nitrogens is 1. The summed E-state index contributed by atoms with van der Waals surface area (Å²) in [4.78, 5) is 15.4. The fraction of sp³-hybridized carbons (Fsp3) is 0.0455. The summed E-state index contributed by atoms with van der Waals surface area (Å²) in [5.41, 5.74) is 2.98. The predicted octanol–water partition coefficient (Wildman–Crippen LogP) is 6.50. The molecule has 0 saturated carbocycles. The van der Waals surface area contributed by atoms with E-state index < -0.39 is 17.8 Å².